The van der Waals surface area contributed by atoms with Gasteiger partial charge in [0.05, 0.1) is 0 Å². The molecule has 0 unspecified atom stereocenters. The fraction of sp³-hybridized carbons (Fsp3) is 0.130. The minimum absolute atomic E-state index is 0.0538. The number of carbonyl (C=O) groups excluding carboxylic acids is 1. The Kier molecular flexibility index (Phi) is 6.63. The van der Waals surface area contributed by atoms with Gasteiger partial charge in [-0.1, -0.05) is 0 Å². The third kappa shape index (κ3) is 4.64. The predicted octanol–water partition coefficient (Wildman–Crippen LogP) is 1.61. The Morgan fingerprint density at radius 3 is 1.59 bits per heavy atom. The van der Waals surface area contributed by atoms with Gasteiger partial charge < -0.3 is 0 Å². The molecule has 6 heteroatoms. The van der Waals surface area contributed by atoms with Gasteiger partial charge in [0, 0.05) is 0 Å². The van der Waals surface area contributed by atoms with Gasteiger partial charge in [-0.3, -0.25) is 0 Å². The van der Waals surface area contributed by atoms with Gasteiger partial charge in [-0.25, -0.2) is 0 Å². The van der Waals surface area contributed by atoms with Gasteiger partial charge in [-0.05, 0) is 0 Å². The molecule has 0 fully saturated rings. The van der Waals surface area contributed by atoms with E-state index < -0.39 is 7.26 Å². The Morgan fingerprint density at radius 1 is 0.862 bits per heavy atom. The number of guanidine groups is 1. The van der Waals surface area contributed by atoms with E-state index in [2.05, 4.69) is 41.7 Å². The van der Waals surface area contributed by atoms with Crippen molar-refractivity contribution in [2.45, 2.75) is 0 Å². The van der Waals surface area contributed by atoms with E-state index in [4.69, 9.17) is 11.1 Å². The molecule has 0 heterocycles. The molecule has 0 aliphatic rings. The molecule has 0 aliphatic heterocycles. The van der Waals surface area contributed by atoms with E-state index in [-0.39, 0.29) is 18.4 Å². The van der Waals surface area contributed by atoms with Crippen molar-refractivity contribution in [2.24, 2.45) is 5.73 Å². The molecule has 3 rings (SSSR count). The normalized spacial score (nSPS) is 11.5. The van der Waals surface area contributed by atoms with Crippen molar-refractivity contribution in [2.75, 3.05) is 19.9 Å². The molecule has 29 heavy (non-hydrogen) atoms. The number of benzene rings is 3. The van der Waals surface area contributed by atoms with Crippen LogP contribution in [-0.4, -0.2) is 36.6 Å². The first-order chi connectivity index (χ1) is 14.0. The summed E-state index contributed by atoms with van der Waals surface area (Å²) in [4.78, 5) is 14.0. The van der Waals surface area contributed by atoms with Crippen LogP contribution < -0.4 is 27.0 Å². The number of nitrogens with two attached hydrogens (primary N) is 1. The maximum absolute atomic E-state index is 12.6. The zero-order valence-electron chi connectivity index (χ0n) is 16.5. The van der Waals surface area contributed by atoms with E-state index in [0.29, 0.717) is 6.29 Å². The number of hydrogen-bond acceptors (Lipinski definition) is 2. The number of carbonyl (C=O) groups is 1. The van der Waals surface area contributed by atoms with Crippen molar-refractivity contribution in [1.29, 1.82) is 5.41 Å². The van der Waals surface area contributed by atoms with Crippen LogP contribution in [0.15, 0.2) is 91.0 Å². The summed E-state index contributed by atoms with van der Waals surface area (Å²) in [7, 11) is -0.863. The fourth-order valence-corrected chi connectivity index (χ4v) is 7.92. The van der Waals surface area contributed by atoms with Crippen LogP contribution >= 0.6 is 7.26 Å². The van der Waals surface area contributed by atoms with E-state index in [9.17, 15) is 4.79 Å². The third-order valence-electron chi connectivity index (χ3n) is 5.14. The fourth-order valence-electron chi connectivity index (χ4n) is 3.56. The summed E-state index contributed by atoms with van der Waals surface area (Å²) < 4.78 is 0. The Balaban J connectivity index is 2.05. The zero-order valence-corrected chi connectivity index (χ0v) is 17.5. The number of hydrogen-bond donors (Lipinski definition) is 3. The molecule has 5 nitrogen and oxygen atoms in total. The van der Waals surface area contributed by atoms with Crippen molar-refractivity contribution in [3.8, 4) is 0 Å². The summed E-state index contributed by atoms with van der Waals surface area (Å²) in [5, 5.41) is 14.3. The van der Waals surface area contributed by atoms with Crippen LogP contribution in [-0.2, 0) is 4.79 Å². The molecule has 0 saturated carbocycles. The van der Waals surface area contributed by atoms with Crippen LogP contribution in [0, 0.1) is 5.41 Å². The standard InChI is InChI=1S/C23H27N4OP/c1-27(23(24)25)17-22(28)26-18-29(19-11-5-2-6-12-19,20-13-7-3-8-14-20)21-15-9-4-10-16-21/h2-16,29H,17-18H2,1H3,(H3,24,25)(H,26,28). The van der Waals surface area contributed by atoms with E-state index in [1.54, 1.807) is 7.05 Å². The molecular weight excluding hydrogens is 379 g/mol. The predicted molar refractivity (Wildman–Crippen MR) is 124 cm³/mol. The summed E-state index contributed by atoms with van der Waals surface area (Å²) >= 11 is 0. The molecule has 3 aromatic carbocycles. The number of rotatable bonds is 7. The van der Waals surface area contributed by atoms with Crippen LogP contribution in [0.5, 0.6) is 0 Å². The van der Waals surface area contributed by atoms with E-state index in [1.165, 1.54) is 20.8 Å². The van der Waals surface area contributed by atoms with Crippen molar-refractivity contribution in [3.05, 3.63) is 91.0 Å². The Hall–Kier alpha value is -3.17. The van der Waals surface area contributed by atoms with Crippen LogP contribution in [0.25, 0.3) is 0 Å². The molecule has 150 valence electrons. The van der Waals surface area contributed by atoms with Crippen molar-refractivity contribution in [3.63, 3.8) is 0 Å². The number of nitrogens with one attached hydrogen (secondary N) is 2. The first kappa shape index (κ1) is 20.6. The molecule has 3 aromatic rings. The van der Waals surface area contributed by atoms with Gasteiger partial charge >= 0.3 is 172 Å². The second-order valence-electron chi connectivity index (χ2n) is 7.02. The Labute approximate surface area is 172 Å². The molecule has 0 atom stereocenters. The van der Waals surface area contributed by atoms with Crippen LogP contribution in [0.2, 0.25) is 0 Å². The summed E-state index contributed by atoms with van der Waals surface area (Å²) in [5.41, 5.74) is 5.48. The van der Waals surface area contributed by atoms with Crippen LogP contribution in [0.1, 0.15) is 0 Å². The van der Waals surface area contributed by atoms with Gasteiger partial charge in [0.25, 0.3) is 0 Å². The third-order valence-corrected chi connectivity index (χ3v) is 9.81. The molecule has 0 radical (unpaired) electrons. The van der Waals surface area contributed by atoms with Gasteiger partial charge in [0.1, 0.15) is 0 Å². The van der Waals surface area contributed by atoms with E-state index >= 15 is 0 Å². The number of likely N-dealkylation sites (N-methyl/N-ethyl adjacent to an activating group) is 1. The van der Waals surface area contributed by atoms with Crippen molar-refractivity contribution in [1.82, 2.24) is 10.2 Å². The Morgan fingerprint density at radius 2 is 1.24 bits per heavy atom. The average molecular weight is 406 g/mol. The van der Waals surface area contributed by atoms with E-state index in [0.717, 1.165) is 0 Å². The van der Waals surface area contributed by atoms with Gasteiger partial charge in [-0.2, -0.15) is 0 Å². The molecule has 0 bridgehead atoms. The summed E-state index contributed by atoms with van der Waals surface area (Å²) in [6.07, 6.45) is 0.523. The maximum atomic E-state index is 12.6. The summed E-state index contributed by atoms with van der Waals surface area (Å²) in [6.45, 7) is 0.0538. The van der Waals surface area contributed by atoms with Crippen LogP contribution in [0.4, 0.5) is 0 Å². The molecule has 0 saturated heterocycles. The van der Waals surface area contributed by atoms with Gasteiger partial charge in [0.2, 0.25) is 0 Å². The van der Waals surface area contributed by atoms with Crippen molar-refractivity contribution < 1.29 is 4.79 Å². The SMILES string of the molecule is CN(CC(=O)NC[PH](c1ccccc1)(c1ccccc1)c1ccccc1)C(=N)N. The second-order valence-corrected chi connectivity index (χ2v) is 10.9. The quantitative estimate of drug-likeness (QED) is 0.317. The van der Waals surface area contributed by atoms with Crippen LogP contribution in [0.3, 0.4) is 0 Å². The zero-order chi connectivity index (χ0) is 20.7. The second kappa shape index (κ2) is 9.35. The molecule has 0 aliphatic carbocycles. The first-order valence-electron chi connectivity index (χ1n) is 9.52. The minimum atomic E-state index is -2.50. The molecular formula is C23H27N4OP. The Bertz CT molecular complexity index is 852. The summed E-state index contributed by atoms with van der Waals surface area (Å²) in [5.74, 6) is -0.278. The van der Waals surface area contributed by atoms with Gasteiger partial charge in [0.15, 0.2) is 0 Å². The molecule has 0 aromatic heterocycles. The van der Waals surface area contributed by atoms with Crippen molar-refractivity contribution >= 4 is 35.0 Å². The molecule has 1 amide bonds. The molecule has 0 spiro atoms. The summed E-state index contributed by atoms with van der Waals surface area (Å²) in [6, 6.07) is 31.3. The average Bonchev–Trinajstić information content (AvgIpc) is 2.76. The number of amides is 1. The molecule has 4 N–H and O–H groups in total. The topological polar surface area (TPSA) is 82.2 Å². The van der Waals surface area contributed by atoms with Gasteiger partial charge in [-0.15, -0.1) is 0 Å². The van der Waals surface area contributed by atoms with E-state index in [1.807, 2.05) is 54.6 Å². The number of nitrogens with zero attached hydrogens (tertiary/aromatic N) is 1. The first-order valence-corrected chi connectivity index (χ1v) is 11.7. The monoisotopic (exact) mass is 406 g/mol.